The average molecular weight is 302 g/mol. The molecule has 0 fully saturated rings. The molecule has 0 bridgehead atoms. The van der Waals surface area contributed by atoms with E-state index in [2.05, 4.69) is 0 Å². The van der Waals surface area contributed by atoms with Crippen molar-refractivity contribution >= 4 is 11.9 Å². The van der Waals surface area contributed by atoms with Crippen molar-refractivity contribution in [3.05, 3.63) is 11.1 Å². The molecule has 0 saturated heterocycles. The quantitative estimate of drug-likeness (QED) is 0.526. The van der Waals surface area contributed by atoms with Crippen LogP contribution in [0.5, 0.6) is 0 Å². The lowest BCUT2D eigenvalue weighted by atomic mass is 9.93. The summed E-state index contributed by atoms with van der Waals surface area (Å²) in [6.07, 6.45) is -9.02. The summed E-state index contributed by atoms with van der Waals surface area (Å²) in [4.78, 5) is 21.5. The van der Waals surface area contributed by atoms with Gasteiger partial charge in [0.15, 0.2) is 0 Å². The first-order chi connectivity index (χ1) is 8.81. The van der Waals surface area contributed by atoms with Crippen molar-refractivity contribution in [1.82, 2.24) is 0 Å². The van der Waals surface area contributed by atoms with E-state index >= 15 is 0 Å². The SMILES string of the molecule is CC(C)/C(C(=O)[O-])=C(/CCC(F)(F)C(F)(F)F)C(=O)[O-]. The van der Waals surface area contributed by atoms with Gasteiger partial charge in [-0.05, 0) is 23.5 Å². The van der Waals surface area contributed by atoms with E-state index in [1.807, 2.05) is 0 Å². The van der Waals surface area contributed by atoms with Crippen LogP contribution in [0.3, 0.4) is 0 Å². The third-order valence-electron chi connectivity index (χ3n) is 2.47. The second-order valence-corrected chi connectivity index (χ2v) is 4.32. The van der Waals surface area contributed by atoms with Gasteiger partial charge in [-0.1, -0.05) is 13.8 Å². The van der Waals surface area contributed by atoms with Crippen molar-refractivity contribution in [2.24, 2.45) is 5.92 Å². The maximum absolute atomic E-state index is 12.7. The van der Waals surface area contributed by atoms with Crippen molar-refractivity contribution in [1.29, 1.82) is 0 Å². The lowest BCUT2D eigenvalue weighted by Gasteiger charge is -2.23. The van der Waals surface area contributed by atoms with Gasteiger partial charge in [0.05, 0.1) is 11.9 Å². The Bertz CT molecular complexity index is 423. The largest absolute Gasteiger partial charge is 0.545 e. The topological polar surface area (TPSA) is 80.3 Å². The fraction of sp³-hybridized carbons (Fsp3) is 0.636. The minimum Gasteiger partial charge on any atom is -0.545 e. The van der Waals surface area contributed by atoms with Crippen molar-refractivity contribution in [3.8, 4) is 0 Å². The molecule has 9 heteroatoms. The lowest BCUT2D eigenvalue weighted by Crippen LogP contribution is -2.38. The number of carbonyl (C=O) groups excluding carboxylic acids is 2. The molecule has 0 aromatic rings. The molecule has 0 unspecified atom stereocenters. The number of carboxylic acid groups (broad SMARTS) is 2. The van der Waals surface area contributed by atoms with Gasteiger partial charge in [-0.15, -0.1) is 0 Å². The molecule has 0 aliphatic carbocycles. The van der Waals surface area contributed by atoms with E-state index < -0.39 is 53.9 Å². The third-order valence-corrected chi connectivity index (χ3v) is 2.47. The van der Waals surface area contributed by atoms with E-state index in [4.69, 9.17) is 0 Å². The van der Waals surface area contributed by atoms with Crippen molar-refractivity contribution in [2.75, 3.05) is 0 Å². The van der Waals surface area contributed by atoms with Crippen molar-refractivity contribution in [2.45, 2.75) is 38.8 Å². The average Bonchev–Trinajstić information content (AvgIpc) is 2.20. The first-order valence-electron chi connectivity index (χ1n) is 5.41. The van der Waals surface area contributed by atoms with Crippen LogP contribution in [0.25, 0.3) is 0 Å². The highest BCUT2D eigenvalue weighted by Crippen LogP contribution is 2.39. The fourth-order valence-corrected chi connectivity index (χ4v) is 1.48. The van der Waals surface area contributed by atoms with Crippen LogP contribution >= 0.6 is 0 Å². The molecule has 0 aliphatic heterocycles. The fourth-order valence-electron chi connectivity index (χ4n) is 1.48. The van der Waals surface area contributed by atoms with Crippen LogP contribution in [-0.2, 0) is 9.59 Å². The highest BCUT2D eigenvalue weighted by atomic mass is 19.4. The first-order valence-corrected chi connectivity index (χ1v) is 5.41. The zero-order valence-corrected chi connectivity index (χ0v) is 10.5. The molecule has 20 heavy (non-hydrogen) atoms. The molecule has 0 atom stereocenters. The normalized spacial score (nSPS) is 14.2. The number of carbonyl (C=O) groups is 2. The van der Waals surface area contributed by atoms with Gasteiger partial charge in [-0.2, -0.15) is 22.0 Å². The highest BCUT2D eigenvalue weighted by Gasteiger charge is 2.56. The van der Waals surface area contributed by atoms with Gasteiger partial charge in [-0.3, -0.25) is 0 Å². The summed E-state index contributed by atoms with van der Waals surface area (Å²) >= 11 is 0. The molecule has 0 rings (SSSR count). The Morgan fingerprint density at radius 3 is 1.70 bits per heavy atom. The van der Waals surface area contributed by atoms with Crippen molar-refractivity contribution in [3.63, 3.8) is 0 Å². The Labute approximate surface area is 110 Å². The van der Waals surface area contributed by atoms with Crippen LogP contribution in [0.15, 0.2) is 11.1 Å². The van der Waals surface area contributed by atoms with Crippen LogP contribution in [0.4, 0.5) is 22.0 Å². The van der Waals surface area contributed by atoms with Crippen LogP contribution < -0.4 is 10.2 Å². The van der Waals surface area contributed by atoms with Gasteiger partial charge in [0.1, 0.15) is 0 Å². The number of alkyl halides is 5. The number of hydrogen-bond acceptors (Lipinski definition) is 4. The van der Waals surface area contributed by atoms with E-state index in [-0.39, 0.29) is 0 Å². The van der Waals surface area contributed by atoms with Gasteiger partial charge in [0.2, 0.25) is 0 Å². The molecule has 0 aromatic heterocycles. The summed E-state index contributed by atoms with van der Waals surface area (Å²) in [5, 5.41) is 21.5. The minimum atomic E-state index is -5.84. The van der Waals surface area contributed by atoms with E-state index in [9.17, 15) is 41.8 Å². The molecule has 116 valence electrons. The molecule has 0 aromatic carbocycles. The second kappa shape index (κ2) is 6.19. The van der Waals surface area contributed by atoms with Crippen LogP contribution in [0, 0.1) is 5.92 Å². The van der Waals surface area contributed by atoms with Crippen molar-refractivity contribution < 1.29 is 41.8 Å². The monoisotopic (exact) mass is 302 g/mol. The molecule has 0 radical (unpaired) electrons. The molecular weight excluding hydrogens is 291 g/mol. The molecule has 0 N–H and O–H groups in total. The maximum atomic E-state index is 12.7. The molecule has 0 aliphatic rings. The smallest absolute Gasteiger partial charge is 0.453 e. The standard InChI is InChI=1S/C11H13F5O4/c1-5(2)7(9(19)20)6(8(17)18)3-4-10(12,13)11(14,15)16/h5H,3-4H2,1-2H3,(H,17,18)(H,19,20)/p-2/b7-6+. The van der Waals surface area contributed by atoms with E-state index in [0.717, 1.165) is 0 Å². The Kier molecular flexibility index (Phi) is 5.67. The third kappa shape index (κ3) is 4.46. The zero-order valence-electron chi connectivity index (χ0n) is 10.5. The number of hydrogen-bond donors (Lipinski definition) is 0. The van der Waals surface area contributed by atoms with Gasteiger partial charge in [0.25, 0.3) is 0 Å². The Morgan fingerprint density at radius 1 is 1.00 bits per heavy atom. The maximum Gasteiger partial charge on any atom is 0.453 e. The van der Waals surface area contributed by atoms with E-state index in [1.165, 1.54) is 13.8 Å². The number of halogens is 5. The van der Waals surface area contributed by atoms with Crippen LogP contribution in [0.1, 0.15) is 26.7 Å². The molecule has 0 heterocycles. The van der Waals surface area contributed by atoms with Crippen LogP contribution in [0.2, 0.25) is 0 Å². The van der Waals surface area contributed by atoms with Gasteiger partial charge < -0.3 is 19.8 Å². The lowest BCUT2D eigenvalue weighted by molar-refractivity contribution is -0.305. The molecule has 0 spiro atoms. The number of carboxylic acids is 2. The second-order valence-electron chi connectivity index (χ2n) is 4.32. The van der Waals surface area contributed by atoms with Crippen LogP contribution in [-0.4, -0.2) is 24.0 Å². The van der Waals surface area contributed by atoms with Gasteiger partial charge in [0, 0.05) is 6.42 Å². The summed E-state index contributed by atoms with van der Waals surface area (Å²) in [7, 11) is 0. The van der Waals surface area contributed by atoms with E-state index in [1.54, 1.807) is 0 Å². The molecule has 0 saturated carbocycles. The number of rotatable bonds is 6. The zero-order chi connectivity index (χ0) is 16.3. The number of aliphatic carboxylic acids is 2. The minimum absolute atomic E-state index is 0.858. The Balaban J connectivity index is 5.42. The summed E-state index contributed by atoms with van der Waals surface area (Å²) in [5.41, 5.74) is -1.98. The predicted octanol–water partition coefficient (Wildman–Crippen LogP) is 0.417. The van der Waals surface area contributed by atoms with Gasteiger partial charge in [-0.25, -0.2) is 0 Å². The summed E-state index contributed by atoms with van der Waals surface area (Å²) < 4.78 is 61.2. The highest BCUT2D eigenvalue weighted by molar-refractivity contribution is 5.97. The van der Waals surface area contributed by atoms with Gasteiger partial charge >= 0.3 is 12.1 Å². The van der Waals surface area contributed by atoms with E-state index in [0.29, 0.717) is 0 Å². The molecular formula is C11H11F5O4-2. The summed E-state index contributed by atoms with van der Waals surface area (Å²) in [5.74, 6) is -10.1. The molecule has 0 amide bonds. The molecule has 4 nitrogen and oxygen atoms in total. The predicted molar refractivity (Wildman–Crippen MR) is 52.1 cm³/mol. The first kappa shape index (κ1) is 18.3. The Hall–Kier alpha value is -1.67. The summed E-state index contributed by atoms with van der Waals surface area (Å²) in [6.45, 7) is 2.46. The summed E-state index contributed by atoms with van der Waals surface area (Å²) in [6, 6.07) is 0. The Morgan fingerprint density at radius 2 is 1.45 bits per heavy atom.